The second kappa shape index (κ2) is 671. The molecule has 2 atom stereocenters. The number of unbranched alkanes of at least 4 members (excludes halogenated alkanes) is 20. The van der Waals surface area contributed by atoms with Gasteiger partial charge in [0.05, 0.1) is 89.6 Å². The molecule has 0 saturated carbocycles. The van der Waals surface area contributed by atoms with E-state index in [-0.39, 0.29) is 25.4 Å². The molecule has 0 aliphatic carbocycles. The topological polar surface area (TPSA) is 903 Å². The van der Waals surface area contributed by atoms with Crippen molar-refractivity contribution >= 4 is 267 Å². The summed E-state index contributed by atoms with van der Waals surface area (Å²) in [6.07, 6.45) is 41.9. The highest BCUT2D eigenvalue weighted by molar-refractivity contribution is 5.53. The van der Waals surface area contributed by atoms with Crippen molar-refractivity contribution in [3.05, 3.63) is 0 Å². The van der Waals surface area contributed by atoms with Gasteiger partial charge in [-0.15, -0.1) is 0 Å². The molecule has 22 N–H and O–H groups in total. The molecule has 0 aliphatic rings. The number of carbonyl (C=O) groups is 30. The lowest BCUT2D eigenvalue weighted by atomic mass is 10.1. The van der Waals surface area contributed by atoms with Crippen LogP contribution in [0.3, 0.4) is 0 Å². The molecule has 860 valence electrons. The van der Waals surface area contributed by atoms with E-state index in [0.29, 0.717) is 39.0 Å². The van der Waals surface area contributed by atoms with Crippen LogP contribution in [-0.4, -0.2) is 466 Å². The first-order chi connectivity index (χ1) is 71.0. The second-order valence-electron chi connectivity index (χ2n) is 19.6. The van der Waals surface area contributed by atoms with E-state index in [1.165, 1.54) is 114 Å². The Labute approximate surface area is 855 Å². The maximum absolute atomic E-state index is 8.72. The van der Waals surface area contributed by atoms with Crippen molar-refractivity contribution in [1.82, 2.24) is 42.5 Å². The van der Waals surface area contributed by atoms with Gasteiger partial charge < -0.3 is 207 Å². The Bertz CT molecular complexity index is 1570. The normalized spacial score (nSPS) is 6.94. The van der Waals surface area contributed by atoms with Crippen LogP contribution < -0.4 is 42.5 Å². The summed E-state index contributed by atoms with van der Waals surface area (Å²) in [5, 5.41) is 58.5. The number of rotatable bonds is 58. The molecule has 0 spiro atoms. The monoisotopic (exact) mass is 2120 g/mol. The molecule has 0 aromatic carbocycles. The molecule has 2 unspecified atom stereocenters. The van der Waals surface area contributed by atoms with Gasteiger partial charge in [-0.1, -0.05) is 38.5 Å². The maximum Gasteiger partial charge on any atom is 0.283 e. The predicted molar refractivity (Wildman–Crippen MR) is 575 cm³/mol. The van der Waals surface area contributed by atoms with Gasteiger partial charge >= 0.3 is 0 Å². The Hall–Kier alpha value is -13.7. The van der Waals surface area contributed by atoms with Crippen LogP contribution >= 0.6 is 0 Å². The van der Waals surface area contributed by atoms with Gasteiger partial charge in [-0.25, -0.2) is 0 Å². The van der Waals surface area contributed by atoms with E-state index < -0.39 is 0 Å². The summed E-state index contributed by atoms with van der Waals surface area (Å²) in [6.45, 7) is 75.8. The average Bonchev–Trinajstić information content (AvgIpc) is 1.28. The molecule has 0 bridgehead atoms. The summed E-state index contributed by atoms with van der Waals surface area (Å²) in [7, 11) is 3.75. The molecule has 0 rings (SSSR count). The van der Waals surface area contributed by atoms with Gasteiger partial charge in [0.25, 0.3) is 62.9 Å². The molecule has 0 saturated heterocycles. The van der Waals surface area contributed by atoms with Gasteiger partial charge in [0.15, 0.2) is 0 Å². The van der Waals surface area contributed by atoms with Gasteiger partial charge in [0.2, 0.25) is 0 Å². The highest BCUT2D eigenvalue weighted by Crippen LogP contribution is 2.03. The van der Waals surface area contributed by atoms with Crippen molar-refractivity contribution in [2.45, 2.75) is 219 Å². The minimum absolute atomic E-state index is 0.139. The van der Waals surface area contributed by atoms with Crippen LogP contribution in [0.2, 0.25) is 0 Å². The molecule has 0 heterocycles. The van der Waals surface area contributed by atoms with Gasteiger partial charge in [-0.3, -0.25) is 47.9 Å². The fourth-order valence-electron chi connectivity index (χ4n) is 6.35. The maximum atomic E-state index is 8.72. The summed E-state index contributed by atoms with van der Waals surface area (Å²) in [6, 6.07) is 0. The molecule has 52 heteroatoms. The van der Waals surface area contributed by atoms with E-state index in [1.54, 1.807) is 13.8 Å². The van der Waals surface area contributed by atoms with Crippen LogP contribution in [0.1, 0.15) is 206 Å². The summed E-state index contributed by atoms with van der Waals surface area (Å²) in [5.74, 6) is 0. The standard InChI is InChI=1S/C14H27NO2.C12H23NO2.C10H19NO2.C8H15NO2.C6H15NO2.C6H11NO2.C4H11NO2.C2H7N.30CH2O/c16-13-9-5-1-3-7-11-15-12-8-4-2-6-10-14-17;14-11-7-3-1-5-9-13-10-6-2-4-8-12-15;12-9-5-1-3-7-11-8-4-2-6-10-13;10-7-3-1-5-9-6-2-4-8-11;1-5(8)3-7-4-6(2)9;8-5-1-3-7-4-2-6-9;6-3-1-5-2-4-7;1-3-2;30*1-2/h13-15H,1-12H2;11-13H,1-10H2;9-11H,1-8H2;7-9H,1-6H2;5-9H,3-4H2,1-2H3;5-7H,1-4H2;5-7H,1-4H2;3H,1-2H3;30*1H2/p+10. The number of aldehydes is 10. The van der Waals surface area contributed by atoms with Crippen LogP contribution in [0.5, 0.6) is 0 Å². The van der Waals surface area contributed by atoms with Gasteiger partial charge in [0, 0.05) is 39.3 Å². The van der Waals surface area contributed by atoms with Crippen LogP contribution in [-0.2, 0) is 144 Å². The molecular weight excluding hydrogens is 1920 g/mol. The smallest absolute Gasteiger partial charge is 0.283 e. The number of nitrogens with one attached hydrogen (secondary N) is 8. The third-order valence-electron chi connectivity index (χ3n) is 10.9. The van der Waals surface area contributed by atoms with Gasteiger partial charge in [0.1, 0.15) is 204 Å². The lowest BCUT2D eigenvalue weighted by Crippen LogP contribution is -2.30. The third kappa shape index (κ3) is 970. The van der Waals surface area contributed by atoms with Crippen molar-refractivity contribution in [2.75, 3.05) is 119 Å². The van der Waals surface area contributed by atoms with Crippen molar-refractivity contribution in [1.29, 1.82) is 0 Å². The zero-order valence-electron chi connectivity index (χ0n) is 87.2. The lowest BCUT2D eigenvalue weighted by molar-refractivity contribution is -0.0987. The molecule has 0 fully saturated rings. The molecule has 144 heavy (non-hydrogen) atoms. The van der Waals surface area contributed by atoms with E-state index in [4.69, 9.17) is 212 Å². The highest BCUT2D eigenvalue weighted by Gasteiger charge is 1.98. The van der Waals surface area contributed by atoms with Gasteiger partial charge in [-0.2, -0.15) is 0 Å². The van der Waals surface area contributed by atoms with Crippen molar-refractivity contribution in [3.8, 4) is 0 Å². The average molecular weight is 2120 g/mol. The number of hydrogen-bond acceptors (Lipinski definition) is 42. The zero-order valence-corrected chi connectivity index (χ0v) is 87.2. The summed E-state index contributed by atoms with van der Waals surface area (Å²) >= 11 is 0. The molecule has 0 radical (unpaired) electrons. The Kier molecular flexibility index (Phi) is 1190. The summed E-state index contributed by atoms with van der Waals surface area (Å²) in [4.78, 5) is 324. The van der Waals surface area contributed by atoms with Crippen molar-refractivity contribution in [2.24, 2.45) is 0 Å². The summed E-state index contributed by atoms with van der Waals surface area (Å²) in [5.41, 5.74) is 0. The molecule has 0 aromatic rings. The third-order valence-corrected chi connectivity index (χ3v) is 10.9. The van der Waals surface area contributed by atoms with Crippen LogP contribution in [0, 0.1) is 0 Å². The zero-order chi connectivity index (χ0) is 124. The van der Waals surface area contributed by atoms with Gasteiger partial charge in [-0.05, 0) is 170 Å². The van der Waals surface area contributed by atoms with Crippen LogP contribution in [0.4, 0.5) is 0 Å². The van der Waals surface area contributed by atoms with Crippen molar-refractivity contribution < 1.29 is 212 Å². The first-order valence-corrected chi connectivity index (χ1v) is 40.4. The SMILES string of the molecule is C=O.C=O.C=O.C=O.C=O.C=O.C=O.C=O.C=O.C=O.C=O.C=O.C=O.C=O.C=O.C=O.C=O.C=O.C=O.C=O.C=O.C=O.C=O.C=O.C=O.C=O.C=O.C=O.C=O.C=O.CC(O)CNCC(C)O.CNC.OCCNCCO.[OH+]=CCCCCCCNCCCCCCC=[OH+].[OH+]=CCCCCCNCCCCCC=[OH+].[OH+]=CCCCCNCCCCC=[OH+].[OH+]=CCCCNCCCC=[OH+].[OH+]=CCCNCCC=[OH+]. The van der Waals surface area contributed by atoms with Crippen LogP contribution in [0.15, 0.2) is 0 Å². The number of carbonyl (C=O) groups excluding carboxylic acids is 40. The van der Waals surface area contributed by atoms with E-state index in [2.05, 4.69) is 42.5 Å². The minimum atomic E-state index is -0.330. The molecule has 52 nitrogen and oxygen atoms in total. The minimum Gasteiger partial charge on any atom is -0.395 e. The fraction of sp³-hybridized carbons (Fsp3) is 0.565. The Balaban J connectivity index is -0.0000000232. The quantitative estimate of drug-likeness (QED) is 0.0188. The molecule has 0 amide bonds. The second-order valence-corrected chi connectivity index (χ2v) is 19.6. The summed E-state index contributed by atoms with van der Waals surface area (Å²) < 4.78 is 0. The van der Waals surface area contributed by atoms with Crippen LogP contribution in [0.25, 0.3) is 0 Å². The van der Waals surface area contributed by atoms with E-state index in [0.717, 1.165) is 194 Å². The molecule has 0 aromatic heterocycles. The van der Waals surface area contributed by atoms with Crippen molar-refractivity contribution in [3.63, 3.8) is 0 Å². The number of hydrogen-bond donors (Lipinski definition) is 12. The molecule has 0 aliphatic heterocycles. The Morgan fingerprint density at radius 2 is 0.271 bits per heavy atom. The first kappa shape index (κ1) is 256. The number of aliphatic hydroxyl groups is 4. The van der Waals surface area contributed by atoms with E-state index in [9.17, 15) is 0 Å². The van der Waals surface area contributed by atoms with E-state index in [1.807, 2.05) is 218 Å². The Morgan fingerprint density at radius 1 is 0.167 bits per heavy atom. The highest BCUT2D eigenvalue weighted by atomic mass is 16.3. The predicted octanol–water partition coefficient (Wildman–Crippen LogP) is -1.48. The number of aliphatic hydroxyl groups excluding tert-OH is 4. The fourth-order valence-corrected chi connectivity index (χ4v) is 6.35. The lowest BCUT2D eigenvalue weighted by Gasteiger charge is -2.07. The molecular formula is C92H198N8O44+10. The Morgan fingerprint density at radius 3 is 0.410 bits per heavy atom. The largest absolute Gasteiger partial charge is 0.395 e. The first-order valence-electron chi connectivity index (χ1n) is 40.4. The van der Waals surface area contributed by atoms with E-state index >= 15 is 0 Å².